The maximum Gasteiger partial charge on any atom is 0.131 e. The molecule has 0 radical (unpaired) electrons. The summed E-state index contributed by atoms with van der Waals surface area (Å²) in [6.45, 7) is 6.95. The second-order valence-corrected chi connectivity index (χ2v) is 7.37. The predicted molar refractivity (Wildman–Crippen MR) is 94.0 cm³/mol. The fraction of sp³-hybridized carbons (Fsp3) is 0.800. The molecule has 1 aliphatic carbocycles. The van der Waals surface area contributed by atoms with Gasteiger partial charge in [-0.1, -0.05) is 40.0 Å². The average Bonchev–Trinajstić information content (AvgIpc) is 2.56. The first-order chi connectivity index (χ1) is 10.7. The minimum atomic E-state index is 0.609. The summed E-state index contributed by atoms with van der Waals surface area (Å²) in [5.41, 5.74) is 1.31. The lowest BCUT2D eigenvalue weighted by atomic mass is 9.77. The van der Waals surface area contributed by atoms with Crippen LogP contribution in [0.5, 0.6) is 0 Å². The number of unbranched alkanes of at least 4 members (excludes halogenated alkanes) is 2. The maximum atomic E-state index is 4.67. The van der Waals surface area contributed by atoms with E-state index in [0.717, 1.165) is 24.1 Å². The van der Waals surface area contributed by atoms with Gasteiger partial charge in [-0.15, -0.1) is 0 Å². The Hall–Kier alpha value is -0.920. The van der Waals surface area contributed by atoms with E-state index in [9.17, 15) is 0 Å². The molecule has 1 fully saturated rings. The number of aryl methyl sites for hydroxylation is 1. The number of aromatic nitrogens is 2. The highest BCUT2D eigenvalue weighted by Gasteiger charge is 2.24. The lowest BCUT2D eigenvalue weighted by Gasteiger charge is -2.29. The van der Waals surface area contributed by atoms with Crippen molar-refractivity contribution in [3.63, 3.8) is 0 Å². The molecule has 2 heteroatoms. The van der Waals surface area contributed by atoms with Crippen molar-refractivity contribution < 1.29 is 0 Å². The van der Waals surface area contributed by atoms with Crippen molar-refractivity contribution in [2.45, 2.75) is 90.9 Å². The fourth-order valence-corrected chi connectivity index (χ4v) is 3.68. The van der Waals surface area contributed by atoms with Crippen LogP contribution >= 0.6 is 0 Å². The van der Waals surface area contributed by atoms with Crippen LogP contribution in [0.15, 0.2) is 12.4 Å². The molecular formula is C20H34N2. The topological polar surface area (TPSA) is 25.8 Å². The molecule has 0 aliphatic heterocycles. The number of hydrogen-bond acceptors (Lipinski definition) is 2. The summed E-state index contributed by atoms with van der Waals surface area (Å²) in [4.78, 5) is 9.34. The molecule has 2 nitrogen and oxygen atoms in total. The molecule has 1 heterocycles. The van der Waals surface area contributed by atoms with E-state index in [1.807, 2.05) is 0 Å². The molecule has 1 aromatic heterocycles. The predicted octanol–water partition coefficient (Wildman–Crippen LogP) is 5.92. The van der Waals surface area contributed by atoms with E-state index in [-0.39, 0.29) is 0 Å². The van der Waals surface area contributed by atoms with Gasteiger partial charge in [-0.2, -0.15) is 0 Å². The van der Waals surface area contributed by atoms with Gasteiger partial charge < -0.3 is 0 Å². The molecule has 0 N–H and O–H groups in total. The highest BCUT2D eigenvalue weighted by Crippen LogP contribution is 2.37. The van der Waals surface area contributed by atoms with Gasteiger partial charge in [-0.25, -0.2) is 9.97 Å². The molecular weight excluding hydrogens is 268 g/mol. The summed E-state index contributed by atoms with van der Waals surface area (Å²) < 4.78 is 0. The van der Waals surface area contributed by atoms with Crippen molar-refractivity contribution >= 4 is 0 Å². The first-order valence-electron chi connectivity index (χ1n) is 9.53. The van der Waals surface area contributed by atoms with Crippen LogP contribution in [0.25, 0.3) is 0 Å². The van der Waals surface area contributed by atoms with E-state index >= 15 is 0 Å². The maximum absolute atomic E-state index is 4.67. The van der Waals surface area contributed by atoms with Gasteiger partial charge in [0.05, 0.1) is 0 Å². The lowest BCUT2D eigenvalue weighted by Crippen LogP contribution is -2.17. The van der Waals surface area contributed by atoms with Crippen molar-refractivity contribution in [1.82, 2.24) is 9.97 Å². The van der Waals surface area contributed by atoms with Crippen LogP contribution in [0.2, 0.25) is 0 Å². The summed E-state index contributed by atoms with van der Waals surface area (Å²) >= 11 is 0. The second kappa shape index (κ2) is 9.27. The summed E-state index contributed by atoms with van der Waals surface area (Å²) in [5, 5.41) is 0. The third kappa shape index (κ3) is 5.37. The van der Waals surface area contributed by atoms with E-state index in [1.54, 1.807) is 0 Å². The largest absolute Gasteiger partial charge is 0.241 e. The average molecular weight is 303 g/mol. The van der Waals surface area contributed by atoms with E-state index < -0.39 is 0 Å². The molecule has 0 bridgehead atoms. The molecule has 1 unspecified atom stereocenters. The van der Waals surface area contributed by atoms with Crippen LogP contribution in [-0.4, -0.2) is 9.97 Å². The van der Waals surface area contributed by atoms with Gasteiger partial charge in [0.1, 0.15) is 5.82 Å². The van der Waals surface area contributed by atoms with Crippen LogP contribution in [0.4, 0.5) is 0 Å². The third-order valence-electron chi connectivity index (χ3n) is 5.44. The van der Waals surface area contributed by atoms with Crippen molar-refractivity contribution in [2.24, 2.45) is 11.8 Å². The summed E-state index contributed by atoms with van der Waals surface area (Å²) in [6, 6.07) is 0. The minimum absolute atomic E-state index is 0.609. The van der Waals surface area contributed by atoms with Crippen LogP contribution in [-0.2, 0) is 6.42 Å². The zero-order valence-corrected chi connectivity index (χ0v) is 14.9. The Morgan fingerprint density at radius 1 is 1.05 bits per heavy atom. The molecule has 0 amide bonds. The molecule has 22 heavy (non-hydrogen) atoms. The number of rotatable bonds is 8. The highest BCUT2D eigenvalue weighted by atomic mass is 14.9. The van der Waals surface area contributed by atoms with Gasteiger partial charge in [-0.3, -0.25) is 0 Å². The van der Waals surface area contributed by atoms with Crippen LogP contribution in [0.3, 0.4) is 0 Å². The summed E-state index contributed by atoms with van der Waals surface area (Å²) in [7, 11) is 0. The van der Waals surface area contributed by atoms with Crippen molar-refractivity contribution in [1.29, 1.82) is 0 Å². The molecule has 0 saturated heterocycles. The molecule has 1 aliphatic rings. The first kappa shape index (κ1) is 17.4. The smallest absolute Gasteiger partial charge is 0.131 e. The fourth-order valence-electron chi connectivity index (χ4n) is 3.68. The van der Waals surface area contributed by atoms with E-state index in [4.69, 9.17) is 0 Å². The Morgan fingerprint density at radius 3 is 2.32 bits per heavy atom. The molecule has 2 rings (SSSR count). The van der Waals surface area contributed by atoms with Crippen molar-refractivity contribution in [3.8, 4) is 0 Å². The van der Waals surface area contributed by atoms with Crippen molar-refractivity contribution in [2.75, 3.05) is 0 Å². The molecule has 0 spiro atoms. The van der Waals surface area contributed by atoms with Crippen molar-refractivity contribution in [3.05, 3.63) is 23.8 Å². The zero-order chi connectivity index (χ0) is 15.8. The second-order valence-electron chi connectivity index (χ2n) is 7.37. The normalized spacial score (nSPS) is 23.4. The summed E-state index contributed by atoms with van der Waals surface area (Å²) in [6.07, 6.45) is 17.2. The SMILES string of the molecule is CCCCCc1cnc(C2CCC(CC(C)CC)CC2)nc1. The lowest BCUT2D eigenvalue weighted by molar-refractivity contribution is 0.269. The van der Waals surface area contributed by atoms with Gasteiger partial charge in [0.2, 0.25) is 0 Å². The molecule has 0 aromatic carbocycles. The zero-order valence-electron chi connectivity index (χ0n) is 14.9. The highest BCUT2D eigenvalue weighted by molar-refractivity contribution is 5.08. The molecule has 1 aromatic rings. The van der Waals surface area contributed by atoms with Gasteiger partial charge in [0.25, 0.3) is 0 Å². The van der Waals surface area contributed by atoms with Crippen LogP contribution in [0, 0.1) is 11.8 Å². The Kier molecular flexibility index (Phi) is 7.35. The molecule has 124 valence electrons. The Morgan fingerprint density at radius 2 is 1.73 bits per heavy atom. The van der Waals surface area contributed by atoms with Gasteiger partial charge in [0, 0.05) is 18.3 Å². The van der Waals surface area contributed by atoms with Crippen LogP contribution in [0.1, 0.15) is 95.9 Å². The Labute approximate surface area is 137 Å². The van der Waals surface area contributed by atoms with Gasteiger partial charge >= 0.3 is 0 Å². The molecule has 1 atom stereocenters. The minimum Gasteiger partial charge on any atom is -0.241 e. The quantitative estimate of drug-likeness (QED) is 0.557. The number of hydrogen-bond donors (Lipinski definition) is 0. The molecule has 1 saturated carbocycles. The van der Waals surface area contributed by atoms with Gasteiger partial charge in [-0.05, 0) is 62.3 Å². The van der Waals surface area contributed by atoms with Crippen LogP contribution < -0.4 is 0 Å². The standard InChI is InChI=1S/C20H34N2/c1-4-6-7-8-18-14-21-20(22-15-18)19-11-9-17(10-12-19)13-16(3)5-2/h14-17,19H,4-13H2,1-3H3. The monoisotopic (exact) mass is 302 g/mol. The van der Waals surface area contributed by atoms with E-state index in [0.29, 0.717) is 5.92 Å². The Balaban J connectivity index is 1.78. The van der Waals surface area contributed by atoms with E-state index in [2.05, 4.69) is 43.1 Å². The van der Waals surface area contributed by atoms with E-state index in [1.165, 1.54) is 63.4 Å². The third-order valence-corrected chi connectivity index (χ3v) is 5.44. The number of nitrogens with zero attached hydrogens (tertiary/aromatic N) is 2. The summed E-state index contributed by atoms with van der Waals surface area (Å²) in [5.74, 6) is 3.54. The Bertz CT molecular complexity index is 404. The first-order valence-corrected chi connectivity index (χ1v) is 9.53. The van der Waals surface area contributed by atoms with Gasteiger partial charge in [0.15, 0.2) is 0 Å².